The number of benzene rings is 2. The van der Waals surface area contributed by atoms with E-state index in [0.717, 1.165) is 12.0 Å². The Bertz CT molecular complexity index is 567. The molecule has 2 nitrogen and oxygen atoms in total. The maximum atomic E-state index is 9.30. The van der Waals surface area contributed by atoms with Crippen molar-refractivity contribution in [2.45, 2.75) is 32.4 Å². The molecule has 2 atom stereocenters. The van der Waals surface area contributed by atoms with Crippen molar-refractivity contribution in [3.63, 3.8) is 0 Å². The summed E-state index contributed by atoms with van der Waals surface area (Å²) in [6, 6.07) is 20.9. The molecule has 20 heavy (non-hydrogen) atoms. The zero-order valence-electron chi connectivity index (χ0n) is 12.0. The van der Waals surface area contributed by atoms with Crippen LogP contribution in [-0.2, 0) is 0 Å². The molecule has 2 aromatic rings. The topological polar surface area (TPSA) is 35.8 Å². The van der Waals surface area contributed by atoms with E-state index in [1.165, 1.54) is 11.1 Å². The molecule has 0 saturated heterocycles. The molecule has 2 aromatic carbocycles. The standard InChI is InChI=1S/C18H20N2/c1-3-14(2)20-18(13-19)17-11-9-16(10-12-17)15-7-5-4-6-8-15/h4-12,14,18,20H,3H2,1-2H3. The molecule has 0 spiro atoms. The van der Waals surface area contributed by atoms with Crippen LogP contribution >= 0.6 is 0 Å². The highest BCUT2D eigenvalue weighted by molar-refractivity contribution is 5.63. The van der Waals surface area contributed by atoms with E-state index in [0.29, 0.717) is 6.04 Å². The van der Waals surface area contributed by atoms with Gasteiger partial charge in [-0.3, -0.25) is 5.32 Å². The van der Waals surface area contributed by atoms with Gasteiger partial charge in [-0.2, -0.15) is 5.26 Å². The average Bonchev–Trinajstić information content (AvgIpc) is 2.53. The summed E-state index contributed by atoms with van der Waals surface area (Å²) in [7, 11) is 0. The Balaban J connectivity index is 2.17. The van der Waals surface area contributed by atoms with Crippen molar-refractivity contribution in [3.05, 3.63) is 60.2 Å². The molecule has 2 rings (SSSR count). The Labute approximate surface area is 121 Å². The quantitative estimate of drug-likeness (QED) is 0.873. The average molecular weight is 264 g/mol. The first-order chi connectivity index (χ1) is 9.74. The molecule has 0 fully saturated rings. The first-order valence-corrected chi connectivity index (χ1v) is 7.05. The normalized spacial score (nSPS) is 13.4. The SMILES string of the molecule is CCC(C)NC(C#N)c1ccc(-c2ccccc2)cc1. The summed E-state index contributed by atoms with van der Waals surface area (Å²) < 4.78 is 0. The zero-order chi connectivity index (χ0) is 14.4. The highest BCUT2D eigenvalue weighted by atomic mass is 14.9. The van der Waals surface area contributed by atoms with Crippen LogP contribution in [0.1, 0.15) is 31.9 Å². The summed E-state index contributed by atoms with van der Waals surface area (Å²) in [5, 5.41) is 12.6. The number of nitrogens with zero attached hydrogens (tertiary/aromatic N) is 1. The number of hydrogen-bond donors (Lipinski definition) is 1. The van der Waals surface area contributed by atoms with Crippen molar-refractivity contribution < 1.29 is 0 Å². The lowest BCUT2D eigenvalue weighted by Crippen LogP contribution is -2.29. The lowest BCUT2D eigenvalue weighted by molar-refractivity contribution is 0.501. The van der Waals surface area contributed by atoms with Crippen LogP contribution in [0, 0.1) is 11.3 Å². The summed E-state index contributed by atoms with van der Waals surface area (Å²) in [6.07, 6.45) is 1.01. The van der Waals surface area contributed by atoms with Crippen LogP contribution in [0.5, 0.6) is 0 Å². The summed E-state index contributed by atoms with van der Waals surface area (Å²) in [5.41, 5.74) is 3.39. The fourth-order valence-corrected chi connectivity index (χ4v) is 2.11. The van der Waals surface area contributed by atoms with Crippen LogP contribution in [0.3, 0.4) is 0 Å². The first-order valence-electron chi connectivity index (χ1n) is 7.05. The molecular formula is C18H20N2. The van der Waals surface area contributed by atoms with E-state index in [1.807, 2.05) is 30.3 Å². The van der Waals surface area contributed by atoms with Crippen molar-refractivity contribution in [1.82, 2.24) is 5.32 Å². The van der Waals surface area contributed by atoms with Gasteiger partial charge < -0.3 is 0 Å². The molecule has 0 aromatic heterocycles. The van der Waals surface area contributed by atoms with Gasteiger partial charge in [0.2, 0.25) is 0 Å². The second kappa shape index (κ2) is 6.88. The number of hydrogen-bond acceptors (Lipinski definition) is 2. The molecule has 2 unspecified atom stereocenters. The van der Waals surface area contributed by atoms with Crippen molar-refractivity contribution >= 4 is 0 Å². The number of rotatable bonds is 5. The monoisotopic (exact) mass is 264 g/mol. The second-order valence-corrected chi connectivity index (χ2v) is 5.03. The van der Waals surface area contributed by atoms with Crippen LogP contribution in [0.2, 0.25) is 0 Å². The smallest absolute Gasteiger partial charge is 0.121 e. The van der Waals surface area contributed by atoms with Gasteiger partial charge in [0.1, 0.15) is 6.04 Å². The van der Waals surface area contributed by atoms with E-state index >= 15 is 0 Å². The molecule has 0 aliphatic heterocycles. The van der Waals surface area contributed by atoms with Gasteiger partial charge in [0.25, 0.3) is 0 Å². The third-order valence-corrected chi connectivity index (χ3v) is 3.54. The van der Waals surface area contributed by atoms with Gasteiger partial charge in [0.15, 0.2) is 0 Å². The second-order valence-electron chi connectivity index (χ2n) is 5.03. The van der Waals surface area contributed by atoms with Gasteiger partial charge in [0, 0.05) is 6.04 Å². The largest absolute Gasteiger partial charge is 0.296 e. The van der Waals surface area contributed by atoms with Crippen LogP contribution in [0.15, 0.2) is 54.6 Å². The van der Waals surface area contributed by atoms with E-state index in [1.54, 1.807) is 0 Å². The first kappa shape index (κ1) is 14.3. The van der Waals surface area contributed by atoms with Gasteiger partial charge >= 0.3 is 0 Å². The maximum absolute atomic E-state index is 9.30. The molecule has 2 heteroatoms. The molecule has 0 bridgehead atoms. The van der Waals surface area contributed by atoms with Crippen LogP contribution < -0.4 is 5.32 Å². The summed E-state index contributed by atoms with van der Waals surface area (Å²) in [5.74, 6) is 0. The predicted octanol–water partition coefficient (Wildman–Crippen LogP) is 4.31. The third-order valence-electron chi connectivity index (χ3n) is 3.54. The van der Waals surface area contributed by atoms with E-state index in [4.69, 9.17) is 0 Å². The van der Waals surface area contributed by atoms with E-state index in [9.17, 15) is 5.26 Å². The lowest BCUT2D eigenvalue weighted by atomic mass is 10.0. The highest BCUT2D eigenvalue weighted by Gasteiger charge is 2.12. The molecular weight excluding hydrogens is 244 g/mol. The molecule has 0 aliphatic rings. The summed E-state index contributed by atoms with van der Waals surface area (Å²) in [4.78, 5) is 0. The van der Waals surface area contributed by atoms with Crippen molar-refractivity contribution in [1.29, 1.82) is 5.26 Å². The van der Waals surface area contributed by atoms with Crippen LogP contribution in [0.25, 0.3) is 11.1 Å². The van der Waals surface area contributed by atoms with Crippen molar-refractivity contribution in [2.24, 2.45) is 0 Å². The van der Waals surface area contributed by atoms with Gasteiger partial charge in [-0.25, -0.2) is 0 Å². The van der Waals surface area contributed by atoms with Crippen LogP contribution in [0.4, 0.5) is 0 Å². The zero-order valence-corrected chi connectivity index (χ0v) is 12.0. The van der Waals surface area contributed by atoms with Crippen LogP contribution in [-0.4, -0.2) is 6.04 Å². The van der Waals surface area contributed by atoms with E-state index in [2.05, 4.69) is 49.5 Å². The van der Waals surface area contributed by atoms with E-state index < -0.39 is 0 Å². The molecule has 102 valence electrons. The molecule has 0 amide bonds. The highest BCUT2D eigenvalue weighted by Crippen LogP contribution is 2.22. The minimum atomic E-state index is -0.241. The third kappa shape index (κ3) is 3.46. The Kier molecular flexibility index (Phi) is 4.92. The predicted molar refractivity (Wildman–Crippen MR) is 83.1 cm³/mol. The van der Waals surface area contributed by atoms with Crippen molar-refractivity contribution in [3.8, 4) is 17.2 Å². The van der Waals surface area contributed by atoms with Gasteiger partial charge in [-0.15, -0.1) is 0 Å². The molecule has 0 radical (unpaired) electrons. The Morgan fingerprint density at radius 1 is 1.00 bits per heavy atom. The molecule has 0 aliphatic carbocycles. The Morgan fingerprint density at radius 2 is 1.60 bits per heavy atom. The summed E-state index contributed by atoms with van der Waals surface area (Å²) >= 11 is 0. The fourth-order valence-electron chi connectivity index (χ4n) is 2.11. The van der Waals surface area contributed by atoms with Gasteiger partial charge in [-0.1, -0.05) is 61.5 Å². The lowest BCUT2D eigenvalue weighted by Gasteiger charge is -2.17. The molecule has 1 N–H and O–H groups in total. The number of nitrogens with one attached hydrogen (secondary N) is 1. The Hall–Kier alpha value is -2.11. The summed E-state index contributed by atoms with van der Waals surface area (Å²) in [6.45, 7) is 4.22. The minimum absolute atomic E-state index is 0.241. The molecule has 0 heterocycles. The Morgan fingerprint density at radius 3 is 2.15 bits per heavy atom. The number of nitriles is 1. The van der Waals surface area contributed by atoms with E-state index in [-0.39, 0.29) is 6.04 Å². The van der Waals surface area contributed by atoms with Crippen molar-refractivity contribution in [2.75, 3.05) is 0 Å². The minimum Gasteiger partial charge on any atom is -0.296 e. The van der Waals surface area contributed by atoms with Gasteiger partial charge in [0.05, 0.1) is 6.07 Å². The van der Waals surface area contributed by atoms with Gasteiger partial charge in [-0.05, 0) is 30.0 Å². The maximum Gasteiger partial charge on any atom is 0.121 e. The molecule has 0 saturated carbocycles. The fraction of sp³-hybridized carbons (Fsp3) is 0.278.